The van der Waals surface area contributed by atoms with E-state index in [1.54, 1.807) is 6.07 Å². The summed E-state index contributed by atoms with van der Waals surface area (Å²) < 4.78 is 42.3. The number of halogens is 3. The van der Waals surface area contributed by atoms with Crippen molar-refractivity contribution in [3.8, 4) is 6.07 Å². The SMILES string of the molecule is COC(=O)Cc1c(CN)ccc(C#N)c1SC(F)(F)F. The van der Waals surface area contributed by atoms with Crippen LogP contribution >= 0.6 is 11.8 Å². The monoisotopic (exact) mass is 304 g/mol. The Bertz CT molecular complexity index is 553. The Kier molecular flexibility index (Phi) is 5.42. The number of hydrogen-bond acceptors (Lipinski definition) is 5. The molecule has 0 radical (unpaired) electrons. The zero-order valence-corrected chi connectivity index (χ0v) is 11.3. The van der Waals surface area contributed by atoms with Crippen LogP contribution in [0.1, 0.15) is 16.7 Å². The highest BCUT2D eigenvalue weighted by Gasteiger charge is 2.33. The summed E-state index contributed by atoms with van der Waals surface area (Å²) in [7, 11) is 1.13. The van der Waals surface area contributed by atoms with Gasteiger partial charge < -0.3 is 10.5 Å². The fourth-order valence-electron chi connectivity index (χ4n) is 1.59. The van der Waals surface area contributed by atoms with Crippen LogP contribution in [0, 0.1) is 11.3 Å². The van der Waals surface area contributed by atoms with E-state index in [4.69, 9.17) is 11.0 Å². The van der Waals surface area contributed by atoms with E-state index in [1.165, 1.54) is 12.1 Å². The molecule has 0 saturated heterocycles. The fourth-order valence-corrected chi connectivity index (χ4v) is 2.37. The van der Waals surface area contributed by atoms with E-state index in [0.29, 0.717) is 5.56 Å². The first kappa shape index (κ1) is 16.3. The van der Waals surface area contributed by atoms with Crippen molar-refractivity contribution in [3.05, 3.63) is 28.8 Å². The van der Waals surface area contributed by atoms with Gasteiger partial charge in [-0.1, -0.05) is 6.07 Å². The lowest BCUT2D eigenvalue weighted by Gasteiger charge is -2.15. The molecule has 4 nitrogen and oxygen atoms in total. The van der Waals surface area contributed by atoms with Crippen molar-refractivity contribution >= 4 is 17.7 Å². The number of alkyl halides is 3. The lowest BCUT2D eigenvalue weighted by atomic mass is 10.0. The second-order valence-corrected chi connectivity index (χ2v) is 4.77. The first-order valence-corrected chi connectivity index (χ1v) is 6.21. The lowest BCUT2D eigenvalue weighted by Crippen LogP contribution is -2.13. The zero-order valence-electron chi connectivity index (χ0n) is 10.5. The first-order valence-electron chi connectivity index (χ1n) is 5.39. The Morgan fingerprint density at radius 2 is 2.15 bits per heavy atom. The quantitative estimate of drug-likeness (QED) is 0.682. The van der Waals surface area contributed by atoms with Crippen molar-refractivity contribution in [1.29, 1.82) is 5.26 Å². The molecule has 1 aromatic rings. The van der Waals surface area contributed by atoms with Crippen LogP contribution in [0.25, 0.3) is 0 Å². The topological polar surface area (TPSA) is 76.1 Å². The van der Waals surface area contributed by atoms with Crippen molar-refractivity contribution in [1.82, 2.24) is 0 Å². The summed E-state index contributed by atoms with van der Waals surface area (Å²) in [5, 5.41) is 8.92. The molecular weight excluding hydrogens is 293 g/mol. The molecule has 0 aliphatic rings. The third kappa shape index (κ3) is 4.15. The van der Waals surface area contributed by atoms with Crippen LogP contribution in [0.2, 0.25) is 0 Å². The molecule has 0 aliphatic heterocycles. The standard InChI is InChI=1S/C12H11F3N2O2S/c1-19-10(18)4-9-7(5-16)2-3-8(6-17)11(9)20-12(13,14)15/h2-3H,4-5,16H2,1H3. The van der Waals surface area contributed by atoms with Gasteiger partial charge in [0.1, 0.15) is 6.07 Å². The van der Waals surface area contributed by atoms with E-state index in [9.17, 15) is 18.0 Å². The highest BCUT2D eigenvalue weighted by atomic mass is 32.2. The molecule has 108 valence electrons. The molecule has 0 aromatic heterocycles. The summed E-state index contributed by atoms with van der Waals surface area (Å²) >= 11 is -0.425. The average Bonchev–Trinajstić information content (AvgIpc) is 2.38. The molecule has 0 amide bonds. The molecule has 1 rings (SSSR count). The molecule has 0 saturated carbocycles. The fraction of sp³-hybridized carbons (Fsp3) is 0.333. The predicted molar refractivity (Wildman–Crippen MR) is 66.7 cm³/mol. The highest BCUT2D eigenvalue weighted by Crippen LogP contribution is 2.41. The van der Waals surface area contributed by atoms with Gasteiger partial charge in [0.15, 0.2) is 0 Å². The van der Waals surface area contributed by atoms with Gasteiger partial charge in [0.2, 0.25) is 0 Å². The van der Waals surface area contributed by atoms with Crippen LogP contribution in [0.5, 0.6) is 0 Å². The second kappa shape index (κ2) is 6.63. The number of methoxy groups -OCH3 is 1. The minimum absolute atomic E-state index is 0.0382. The molecule has 8 heteroatoms. The lowest BCUT2D eigenvalue weighted by molar-refractivity contribution is -0.139. The summed E-state index contributed by atoms with van der Waals surface area (Å²) in [5.74, 6) is -0.696. The van der Waals surface area contributed by atoms with Gasteiger partial charge >= 0.3 is 11.5 Å². The minimum Gasteiger partial charge on any atom is -0.469 e. The van der Waals surface area contributed by atoms with Crippen LogP contribution in [0.4, 0.5) is 13.2 Å². The third-order valence-corrected chi connectivity index (χ3v) is 3.37. The van der Waals surface area contributed by atoms with Crippen molar-refractivity contribution in [3.63, 3.8) is 0 Å². The number of benzene rings is 1. The van der Waals surface area contributed by atoms with Gasteiger partial charge in [0.25, 0.3) is 0 Å². The highest BCUT2D eigenvalue weighted by molar-refractivity contribution is 8.00. The number of rotatable bonds is 4. The summed E-state index contributed by atoms with van der Waals surface area (Å²) in [4.78, 5) is 11.0. The molecule has 0 bridgehead atoms. The van der Waals surface area contributed by atoms with Crippen LogP contribution < -0.4 is 5.73 Å². The Morgan fingerprint density at radius 3 is 2.60 bits per heavy atom. The number of nitrogens with zero attached hydrogens (tertiary/aromatic N) is 1. The smallest absolute Gasteiger partial charge is 0.446 e. The minimum atomic E-state index is -4.57. The number of carbonyl (C=O) groups excluding carboxylic acids is 1. The van der Waals surface area contributed by atoms with Crippen molar-refractivity contribution in [2.45, 2.75) is 23.4 Å². The van der Waals surface area contributed by atoms with E-state index >= 15 is 0 Å². The van der Waals surface area contributed by atoms with Crippen LogP contribution in [0.15, 0.2) is 17.0 Å². The third-order valence-electron chi connectivity index (χ3n) is 2.46. The van der Waals surface area contributed by atoms with Crippen molar-refractivity contribution in [2.24, 2.45) is 5.73 Å². The van der Waals surface area contributed by atoms with E-state index in [-0.39, 0.29) is 29.0 Å². The zero-order chi connectivity index (χ0) is 15.3. The maximum atomic E-state index is 12.6. The van der Waals surface area contributed by atoms with E-state index in [0.717, 1.165) is 7.11 Å². The molecule has 0 heterocycles. The Balaban J connectivity index is 3.40. The van der Waals surface area contributed by atoms with Crippen LogP contribution in [-0.4, -0.2) is 18.6 Å². The second-order valence-electron chi connectivity index (χ2n) is 3.70. The average molecular weight is 304 g/mol. The van der Waals surface area contributed by atoms with Gasteiger partial charge in [-0.3, -0.25) is 4.79 Å². The Labute approximate surface area is 117 Å². The van der Waals surface area contributed by atoms with Crippen molar-refractivity contribution < 1.29 is 22.7 Å². The molecule has 2 N–H and O–H groups in total. The molecule has 20 heavy (non-hydrogen) atoms. The predicted octanol–water partition coefficient (Wildman–Crippen LogP) is 2.34. The number of thioether (sulfide) groups is 1. The molecule has 0 fully saturated rings. The van der Waals surface area contributed by atoms with E-state index in [2.05, 4.69) is 4.74 Å². The van der Waals surface area contributed by atoms with Gasteiger partial charge in [0.05, 0.1) is 19.1 Å². The maximum absolute atomic E-state index is 12.6. The Hall–Kier alpha value is -1.72. The first-order chi connectivity index (χ1) is 9.32. The van der Waals surface area contributed by atoms with Gasteiger partial charge in [0, 0.05) is 11.4 Å². The maximum Gasteiger partial charge on any atom is 0.446 e. The summed E-state index contributed by atoms with van der Waals surface area (Å²) in [6.07, 6.45) is -0.364. The number of esters is 1. The number of nitrogens with two attached hydrogens (primary N) is 1. The van der Waals surface area contributed by atoms with Crippen LogP contribution in [0.3, 0.4) is 0 Å². The number of nitriles is 1. The largest absolute Gasteiger partial charge is 0.469 e. The number of carbonyl (C=O) groups is 1. The summed E-state index contributed by atoms with van der Waals surface area (Å²) in [6, 6.07) is 4.39. The summed E-state index contributed by atoms with van der Waals surface area (Å²) in [6.45, 7) is -0.0382. The Morgan fingerprint density at radius 1 is 1.50 bits per heavy atom. The molecule has 0 spiro atoms. The van der Waals surface area contributed by atoms with Gasteiger partial charge in [-0.15, -0.1) is 0 Å². The normalized spacial score (nSPS) is 11.0. The molecule has 0 unspecified atom stereocenters. The van der Waals surface area contributed by atoms with Gasteiger partial charge in [-0.2, -0.15) is 18.4 Å². The van der Waals surface area contributed by atoms with E-state index < -0.39 is 23.2 Å². The number of ether oxygens (including phenoxy) is 1. The summed E-state index contributed by atoms with van der Waals surface area (Å²) in [5.41, 5.74) is 1.21. The number of hydrogen-bond donors (Lipinski definition) is 1. The molecular formula is C12H11F3N2O2S. The molecule has 1 aromatic carbocycles. The van der Waals surface area contributed by atoms with Crippen LogP contribution in [-0.2, 0) is 22.5 Å². The van der Waals surface area contributed by atoms with Gasteiger partial charge in [-0.05, 0) is 29.0 Å². The van der Waals surface area contributed by atoms with E-state index in [1.807, 2.05) is 0 Å². The molecule has 0 aliphatic carbocycles. The van der Waals surface area contributed by atoms with Gasteiger partial charge in [-0.25, -0.2) is 0 Å². The van der Waals surface area contributed by atoms with Crippen molar-refractivity contribution in [2.75, 3.05) is 7.11 Å². The molecule has 0 atom stereocenters.